The van der Waals surface area contributed by atoms with Crippen LogP contribution in [0.3, 0.4) is 0 Å². The van der Waals surface area contributed by atoms with Crippen molar-refractivity contribution in [2.75, 3.05) is 34.8 Å². The fourth-order valence-corrected chi connectivity index (χ4v) is 3.84. The zero-order chi connectivity index (χ0) is 24.8. The van der Waals surface area contributed by atoms with Gasteiger partial charge in [-0.2, -0.15) is 0 Å². The Morgan fingerprint density at radius 2 is 1.66 bits per heavy atom. The summed E-state index contributed by atoms with van der Waals surface area (Å²) in [6, 6.07) is 20.7. The van der Waals surface area contributed by atoms with Crippen LogP contribution in [0, 0.1) is 0 Å². The van der Waals surface area contributed by atoms with Gasteiger partial charge in [0.15, 0.2) is 0 Å². The first kappa shape index (κ1) is 24.1. The molecule has 0 saturated carbocycles. The molecule has 0 radical (unpaired) electrons. The quantitative estimate of drug-likeness (QED) is 0.510. The minimum Gasteiger partial charge on any atom is -0.494 e. The average molecular weight is 493 g/mol. The molecule has 2 N–H and O–H groups in total. The zero-order valence-corrected chi connectivity index (χ0v) is 19.9. The lowest BCUT2D eigenvalue weighted by atomic mass is 10.1. The average Bonchev–Trinajstić information content (AvgIpc) is 2.86. The maximum Gasteiger partial charge on any atom is 0.326 e. The first-order valence-corrected chi connectivity index (χ1v) is 11.5. The van der Waals surface area contributed by atoms with E-state index in [0.717, 1.165) is 5.56 Å². The second kappa shape index (κ2) is 10.9. The van der Waals surface area contributed by atoms with E-state index in [1.807, 2.05) is 19.1 Å². The van der Waals surface area contributed by atoms with Gasteiger partial charge in [0.05, 0.1) is 18.0 Å². The molecule has 3 aromatic rings. The third-order valence-corrected chi connectivity index (χ3v) is 5.68. The molecule has 35 heavy (non-hydrogen) atoms. The number of nitrogens with zero attached hydrogens (tertiary/aromatic N) is 2. The zero-order valence-electron chi connectivity index (χ0n) is 19.2. The number of carbonyl (C=O) groups excluding carboxylic acids is 3. The van der Waals surface area contributed by atoms with Crippen LogP contribution in [0.25, 0.3) is 0 Å². The first-order valence-electron chi connectivity index (χ1n) is 11.2. The fraction of sp³-hybridized carbons (Fsp3) is 0.192. The van der Waals surface area contributed by atoms with E-state index in [2.05, 4.69) is 10.6 Å². The van der Waals surface area contributed by atoms with E-state index in [1.54, 1.807) is 60.7 Å². The molecule has 0 saturated heterocycles. The van der Waals surface area contributed by atoms with Gasteiger partial charge in [-0.1, -0.05) is 35.9 Å². The van der Waals surface area contributed by atoms with E-state index in [9.17, 15) is 14.4 Å². The Kier molecular flexibility index (Phi) is 7.52. The van der Waals surface area contributed by atoms with Crippen molar-refractivity contribution in [3.63, 3.8) is 0 Å². The summed E-state index contributed by atoms with van der Waals surface area (Å²) >= 11 is 5.90. The fourth-order valence-electron chi connectivity index (χ4n) is 3.71. The third-order valence-electron chi connectivity index (χ3n) is 5.42. The SMILES string of the molecule is CCOc1ccc(NC(=O)N2CC(=O)N(CC(=O)NCc3ccc(Cl)cc3)c3ccccc32)cc1. The van der Waals surface area contributed by atoms with Crippen molar-refractivity contribution in [1.29, 1.82) is 0 Å². The summed E-state index contributed by atoms with van der Waals surface area (Å²) in [6.45, 7) is 2.42. The van der Waals surface area contributed by atoms with E-state index >= 15 is 0 Å². The highest BCUT2D eigenvalue weighted by molar-refractivity contribution is 6.30. The summed E-state index contributed by atoms with van der Waals surface area (Å²) < 4.78 is 5.42. The summed E-state index contributed by atoms with van der Waals surface area (Å²) in [5, 5.41) is 6.25. The number of carbonyl (C=O) groups is 3. The van der Waals surface area contributed by atoms with E-state index in [4.69, 9.17) is 16.3 Å². The number of rotatable bonds is 7. The van der Waals surface area contributed by atoms with Crippen LogP contribution in [0.5, 0.6) is 5.75 Å². The van der Waals surface area contributed by atoms with Crippen LogP contribution < -0.4 is 25.2 Å². The van der Waals surface area contributed by atoms with Crippen molar-refractivity contribution in [3.05, 3.63) is 83.4 Å². The molecule has 0 bridgehead atoms. The predicted molar refractivity (Wildman–Crippen MR) is 136 cm³/mol. The Balaban J connectivity index is 1.44. The Hall–Kier alpha value is -4.04. The van der Waals surface area contributed by atoms with Crippen LogP contribution in [-0.2, 0) is 16.1 Å². The van der Waals surface area contributed by atoms with Crippen LogP contribution in [-0.4, -0.2) is 37.5 Å². The highest BCUT2D eigenvalue weighted by atomic mass is 35.5. The Labute approximate surface area is 208 Å². The Morgan fingerprint density at radius 1 is 0.971 bits per heavy atom. The number of amides is 4. The van der Waals surface area contributed by atoms with Gasteiger partial charge < -0.3 is 15.4 Å². The molecular formula is C26H25ClN4O4. The molecule has 8 nitrogen and oxygen atoms in total. The maximum atomic E-state index is 13.0. The van der Waals surface area contributed by atoms with Crippen LogP contribution in [0.2, 0.25) is 5.02 Å². The van der Waals surface area contributed by atoms with Gasteiger partial charge in [-0.05, 0) is 61.0 Å². The maximum absolute atomic E-state index is 13.0. The molecular weight excluding hydrogens is 468 g/mol. The second-order valence-electron chi connectivity index (χ2n) is 7.85. The van der Waals surface area contributed by atoms with Crippen LogP contribution in [0.1, 0.15) is 12.5 Å². The van der Waals surface area contributed by atoms with Gasteiger partial charge in [-0.3, -0.25) is 19.4 Å². The number of nitrogens with one attached hydrogen (secondary N) is 2. The number of hydrogen-bond acceptors (Lipinski definition) is 4. The summed E-state index contributed by atoms with van der Waals surface area (Å²) in [5.74, 6) is 0.0385. The topological polar surface area (TPSA) is 91.0 Å². The third kappa shape index (κ3) is 5.91. The Morgan fingerprint density at radius 3 is 2.34 bits per heavy atom. The summed E-state index contributed by atoms with van der Waals surface area (Å²) in [5.41, 5.74) is 2.51. The largest absolute Gasteiger partial charge is 0.494 e. The molecule has 0 spiro atoms. The molecule has 0 fully saturated rings. The number of para-hydroxylation sites is 2. The number of anilines is 3. The Bertz CT molecular complexity index is 1210. The lowest BCUT2D eigenvalue weighted by Crippen LogP contribution is -2.51. The minimum absolute atomic E-state index is 0.155. The second-order valence-corrected chi connectivity index (χ2v) is 8.28. The molecule has 4 rings (SSSR count). The lowest BCUT2D eigenvalue weighted by Gasteiger charge is -2.35. The van der Waals surface area contributed by atoms with Crippen LogP contribution in [0.15, 0.2) is 72.8 Å². The molecule has 9 heteroatoms. The lowest BCUT2D eigenvalue weighted by molar-refractivity contribution is -0.123. The first-order chi connectivity index (χ1) is 16.9. The van der Waals surface area contributed by atoms with Gasteiger partial charge in [-0.25, -0.2) is 4.79 Å². The van der Waals surface area contributed by atoms with Crippen LogP contribution in [0.4, 0.5) is 21.9 Å². The summed E-state index contributed by atoms with van der Waals surface area (Å²) in [4.78, 5) is 41.4. The number of benzene rings is 3. The van der Waals surface area contributed by atoms with E-state index in [1.165, 1.54) is 9.80 Å². The van der Waals surface area contributed by atoms with E-state index in [-0.39, 0.29) is 24.9 Å². The molecule has 0 aromatic heterocycles. The molecule has 0 aliphatic carbocycles. The molecule has 1 heterocycles. The summed E-state index contributed by atoms with van der Waals surface area (Å²) in [6.07, 6.45) is 0. The number of fused-ring (bicyclic) bond motifs is 1. The predicted octanol–water partition coefficient (Wildman–Crippen LogP) is 4.44. The van der Waals surface area contributed by atoms with E-state index < -0.39 is 6.03 Å². The van der Waals surface area contributed by atoms with Crippen molar-refractivity contribution in [1.82, 2.24) is 5.32 Å². The van der Waals surface area contributed by atoms with Crippen LogP contribution >= 0.6 is 11.6 Å². The van der Waals surface area contributed by atoms with E-state index in [0.29, 0.717) is 41.0 Å². The van der Waals surface area contributed by atoms with Gasteiger partial charge in [0, 0.05) is 17.3 Å². The standard InChI is InChI=1S/C26H25ClN4O4/c1-2-35-21-13-11-20(12-14-21)29-26(34)31-17-25(33)30(22-5-3-4-6-23(22)31)16-24(32)28-15-18-7-9-19(27)10-8-18/h3-14H,2,15-17H2,1H3,(H,28,32)(H,29,34). The van der Waals surface area contributed by atoms with Crippen molar-refractivity contribution in [2.45, 2.75) is 13.5 Å². The smallest absolute Gasteiger partial charge is 0.326 e. The highest BCUT2D eigenvalue weighted by Crippen LogP contribution is 2.33. The molecule has 180 valence electrons. The molecule has 0 atom stereocenters. The molecule has 0 unspecified atom stereocenters. The molecule has 3 aromatic carbocycles. The van der Waals surface area contributed by atoms with Crippen molar-refractivity contribution < 1.29 is 19.1 Å². The molecule has 4 amide bonds. The van der Waals surface area contributed by atoms with Crippen molar-refractivity contribution in [2.24, 2.45) is 0 Å². The van der Waals surface area contributed by atoms with Gasteiger partial charge >= 0.3 is 6.03 Å². The van der Waals surface area contributed by atoms with Gasteiger partial charge in [0.2, 0.25) is 11.8 Å². The normalized spacial score (nSPS) is 12.7. The van der Waals surface area contributed by atoms with Gasteiger partial charge in [0.1, 0.15) is 18.8 Å². The van der Waals surface area contributed by atoms with Crippen molar-refractivity contribution >= 4 is 46.5 Å². The minimum atomic E-state index is -0.443. The molecule has 1 aliphatic rings. The number of urea groups is 1. The van der Waals surface area contributed by atoms with Crippen molar-refractivity contribution in [3.8, 4) is 5.75 Å². The molecule has 1 aliphatic heterocycles. The number of ether oxygens (including phenoxy) is 1. The van der Waals surface area contributed by atoms with Gasteiger partial charge in [0.25, 0.3) is 0 Å². The highest BCUT2D eigenvalue weighted by Gasteiger charge is 2.33. The summed E-state index contributed by atoms with van der Waals surface area (Å²) in [7, 11) is 0. The number of hydrogen-bond donors (Lipinski definition) is 2. The monoisotopic (exact) mass is 492 g/mol. The number of halogens is 1. The van der Waals surface area contributed by atoms with Gasteiger partial charge in [-0.15, -0.1) is 0 Å².